The highest BCUT2D eigenvalue weighted by Gasteiger charge is 2.18. The topological polar surface area (TPSA) is 23.8 Å². The van der Waals surface area contributed by atoms with Crippen LogP contribution in [-0.4, -0.2) is 0 Å². The second-order valence-electron chi connectivity index (χ2n) is 11.6. The SMILES string of the molecule is N#Cc1ccccc1-c1ccccc1-c1cc(-c2cccc3c2sc2ccccc23)ccc1-c1ccc2c(c1)sc1ccccc12. The molecule has 0 saturated carbocycles. The van der Waals surface area contributed by atoms with Gasteiger partial charge in [-0.15, -0.1) is 22.7 Å². The average molecular weight is 620 g/mol. The fourth-order valence-corrected chi connectivity index (χ4v) is 9.21. The molecule has 7 aromatic carbocycles. The van der Waals surface area contributed by atoms with E-state index < -0.39 is 0 Å². The Balaban J connectivity index is 1.31. The first kappa shape index (κ1) is 26.8. The fourth-order valence-electron chi connectivity index (χ4n) is 6.82. The molecule has 0 spiro atoms. The predicted octanol–water partition coefficient (Wildman–Crippen LogP) is 13.0. The Kier molecular flexibility index (Phi) is 6.31. The van der Waals surface area contributed by atoms with Gasteiger partial charge in [-0.2, -0.15) is 5.26 Å². The molecule has 0 aliphatic carbocycles. The van der Waals surface area contributed by atoms with Gasteiger partial charge in [-0.1, -0.05) is 121 Å². The van der Waals surface area contributed by atoms with Crippen molar-refractivity contribution in [2.75, 3.05) is 0 Å². The summed E-state index contributed by atoms with van der Waals surface area (Å²) in [5, 5.41) is 15.2. The maximum Gasteiger partial charge on any atom is 0.0998 e. The van der Waals surface area contributed by atoms with Crippen molar-refractivity contribution in [3.05, 3.63) is 157 Å². The zero-order chi connectivity index (χ0) is 30.6. The minimum absolute atomic E-state index is 0.675. The average Bonchev–Trinajstić information content (AvgIpc) is 3.69. The molecule has 3 heteroatoms. The Morgan fingerprint density at radius 2 is 0.935 bits per heavy atom. The van der Waals surface area contributed by atoms with Gasteiger partial charge >= 0.3 is 0 Å². The number of hydrogen-bond acceptors (Lipinski definition) is 3. The molecule has 214 valence electrons. The summed E-state index contributed by atoms with van der Waals surface area (Å²) in [4.78, 5) is 0. The molecule has 9 rings (SSSR count). The highest BCUT2D eigenvalue weighted by molar-refractivity contribution is 7.26. The Labute approximate surface area is 274 Å². The second kappa shape index (κ2) is 10.8. The molecule has 0 saturated heterocycles. The monoisotopic (exact) mass is 619 g/mol. The van der Waals surface area contributed by atoms with Crippen molar-refractivity contribution in [2.24, 2.45) is 0 Å². The molecule has 0 bridgehead atoms. The van der Waals surface area contributed by atoms with Gasteiger partial charge < -0.3 is 0 Å². The summed E-state index contributed by atoms with van der Waals surface area (Å²) in [5.74, 6) is 0. The van der Waals surface area contributed by atoms with E-state index in [2.05, 4.69) is 140 Å². The van der Waals surface area contributed by atoms with Crippen LogP contribution in [-0.2, 0) is 0 Å². The van der Waals surface area contributed by atoms with Crippen molar-refractivity contribution < 1.29 is 0 Å². The lowest BCUT2D eigenvalue weighted by molar-refractivity contribution is 1.47. The second-order valence-corrected chi connectivity index (χ2v) is 13.7. The number of nitrogens with zero attached hydrogens (tertiary/aromatic N) is 1. The molecule has 9 aromatic rings. The van der Waals surface area contributed by atoms with Crippen LogP contribution >= 0.6 is 22.7 Å². The minimum atomic E-state index is 0.675. The van der Waals surface area contributed by atoms with Crippen LogP contribution in [0.25, 0.3) is 84.9 Å². The van der Waals surface area contributed by atoms with Gasteiger partial charge in [0.15, 0.2) is 0 Å². The smallest absolute Gasteiger partial charge is 0.0998 e. The van der Waals surface area contributed by atoms with Crippen LogP contribution in [0.3, 0.4) is 0 Å². The Hall–Kier alpha value is -5.53. The van der Waals surface area contributed by atoms with Gasteiger partial charge in [0.05, 0.1) is 11.6 Å². The first-order chi connectivity index (χ1) is 22.8. The highest BCUT2D eigenvalue weighted by atomic mass is 32.1. The summed E-state index contributed by atoms with van der Waals surface area (Å²) in [6.07, 6.45) is 0. The molecule has 0 atom stereocenters. The third kappa shape index (κ3) is 4.27. The minimum Gasteiger partial charge on any atom is -0.192 e. The molecule has 0 aliphatic rings. The lowest BCUT2D eigenvalue weighted by Crippen LogP contribution is -1.92. The van der Waals surface area contributed by atoms with Gasteiger partial charge in [-0.3, -0.25) is 0 Å². The fraction of sp³-hybridized carbons (Fsp3) is 0. The Morgan fingerprint density at radius 3 is 1.74 bits per heavy atom. The number of nitriles is 1. The van der Waals surface area contributed by atoms with E-state index in [-0.39, 0.29) is 0 Å². The van der Waals surface area contributed by atoms with E-state index in [9.17, 15) is 5.26 Å². The molecule has 0 unspecified atom stereocenters. The summed E-state index contributed by atoms with van der Waals surface area (Å²) in [7, 11) is 0. The lowest BCUT2D eigenvalue weighted by Gasteiger charge is -2.17. The molecule has 1 nitrogen and oxygen atoms in total. The maximum absolute atomic E-state index is 10.0. The van der Waals surface area contributed by atoms with E-state index in [0.29, 0.717) is 5.56 Å². The third-order valence-electron chi connectivity index (χ3n) is 8.98. The largest absolute Gasteiger partial charge is 0.192 e. The number of thiophene rings is 2. The van der Waals surface area contributed by atoms with E-state index in [0.717, 1.165) is 22.3 Å². The van der Waals surface area contributed by atoms with Crippen LogP contribution in [0.5, 0.6) is 0 Å². The summed E-state index contributed by atoms with van der Waals surface area (Å²) >= 11 is 3.70. The molecule has 2 heterocycles. The van der Waals surface area contributed by atoms with Crippen molar-refractivity contribution in [1.82, 2.24) is 0 Å². The molecule has 0 radical (unpaired) electrons. The summed E-state index contributed by atoms with van der Waals surface area (Å²) in [5.41, 5.74) is 9.72. The first-order valence-corrected chi connectivity index (χ1v) is 17.0. The Morgan fingerprint density at radius 1 is 0.370 bits per heavy atom. The molecule has 0 aliphatic heterocycles. The van der Waals surface area contributed by atoms with Crippen molar-refractivity contribution in [2.45, 2.75) is 0 Å². The summed E-state index contributed by atoms with van der Waals surface area (Å²) in [6, 6.07) is 56.6. The van der Waals surface area contributed by atoms with E-state index in [1.807, 2.05) is 40.9 Å². The molecule has 46 heavy (non-hydrogen) atoms. The van der Waals surface area contributed by atoms with Gasteiger partial charge in [-0.05, 0) is 69.3 Å². The van der Waals surface area contributed by atoms with Gasteiger partial charge in [0.1, 0.15) is 0 Å². The quantitative estimate of drug-likeness (QED) is 0.192. The van der Waals surface area contributed by atoms with Crippen LogP contribution in [0.1, 0.15) is 5.56 Å². The lowest BCUT2D eigenvalue weighted by atomic mass is 9.86. The van der Waals surface area contributed by atoms with E-state index in [1.54, 1.807) is 0 Å². The highest BCUT2D eigenvalue weighted by Crippen LogP contribution is 2.45. The molecular weight excluding hydrogens is 595 g/mol. The summed E-state index contributed by atoms with van der Waals surface area (Å²) in [6.45, 7) is 0. The van der Waals surface area contributed by atoms with Crippen molar-refractivity contribution in [1.29, 1.82) is 5.26 Å². The third-order valence-corrected chi connectivity index (χ3v) is 11.3. The van der Waals surface area contributed by atoms with Gasteiger partial charge in [0.25, 0.3) is 0 Å². The van der Waals surface area contributed by atoms with E-state index in [4.69, 9.17) is 0 Å². The zero-order valence-corrected chi connectivity index (χ0v) is 26.3. The van der Waals surface area contributed by atoms with Crippen LogP contribution in [0.15, 0.2) is 152 Å². The normalized spacial score (nSPS) is 11.5. The molecular formula is C43H25NS2. The molecule has 2 aromatic heterocycles. The van der Waals surface area contributed by atoms with Crippen LogP contribution in [0.4, 0.5) is 0 Å². The van der Waals surface area contributed by atoms with Crippen molar-refractivity contribution >= 4 is 63.0 Å². The molecule has 0 N–H and O–H groups in total. The first-order valence-electron chi connectivity index (χ1n) is 15.3. The number of rotatable bonds is 4. The van der Waals surface area contributed by atoms with Crippen molar-refractivity contribution in [3.8, 4) is 50.6 Å². The number of fused-ring (bicyclic) bond motifs is 6. The maximum atomic E-state index is 10.0. The van der Waals surface area contributed by atoms with E-state index >= 15 is 0 Å². The van der Waals surface area contributed by atoms with Gasteiger partial charge in [-0.25, -0.2) is 0 Å². The summed E-state index contributed by atoms with van der Waals surface area (Å²) < 4.78 is 5.20. The standard InChI is InChI=1S/C43H25NS2/c44-26-29-10-1-2-11-30(29)33-12-3-4-13-34(33)39-24-27(32-16-9-17-38-36-15-6-8-19-41(36)46-43(32)38)20-22-31(39)28-21-23-37-35-14-5-7-18-40(35)45-42(37)25-28/h1-25H. The van der Waals surface area contributed by atoms with Crippen LogP contribution in [0, 0.1) is 11.3 Å². The van der Waals surface area contributed by atoms with E-state index in [1.165, 1.54) is 62.6 Å². The number of benzene rings is 7. The zero-order valence-electron chi connectivity index (χ0n) is 24.7. The van der Waals surface area contributed by atoms with Crippen LogP contribution in [0.2, 0.25) is 0 Å². The van der Waals surface area contributed by atoms with Crippen LogP contribution < -0.4 is 0 Å². The predicted molar refractivity (Wildman–Crippen MR) is 199 cm³/mol. The molecule has 0 amide bonds. The van der Waals surface area contributed by atoms with Crippen molar-refractivity contribution in [3.63, 3.8) is 0 Å². The molecule has 0 fully saturated rings. The number of hydrogen-bond donors (Lipinski definition) is 0. The Bertz CT molecular complexity index is 2670. The van der Waals surface area contributed by atoms with Gasteiger partial charge in [0, 0.05) is 45.9 Å². The van der Waals surface area contributed by atoms with Gasteiger partial charge in [0.2, 0.25) is 0 Å².